The number of ether oxygens (including phenoxy) is 1. The Kier molecular flexibility index (Phi) is 8.31. The van der Waals surface area contributed by atoms with Gasteiger partial charge in [-0.1, -0.05) is 82.6 Å². The van der Waals surface area contributed by atoms with Crippen LogP contribution in [0.2, 0.25) is 0 Å². The Morgan fingerprint density at radius 2 is 1.50 bits per heavy atom. The van der Waals surface area contributed by atoms with Gasteiger partial charge in [0, 0.05) is 5.92 Å². The first-order valence-corrected chi connectivity index (χ1v) is 11.9. The lowest BCUT2D eigenvalue weighted by Crippen LogP contribution is -2.53. The highest BCUT2D eigenvalue weighted by molar-refractivity contribution is 5.89. The number of rotatable bonds is 10. The minimum atomic E-state index is -1.09. The van der Waals surface area contributed by atoms with E-state index in [1.54, 1.807) is 6.92 Å². The Morgan fingerprint density at radius 3 is 2.00 bits per heavy atom. The summed E-state index contributed by atoms with van der Waals surface area (Å²) in [4.78, 5) is 37.2. The Bertz CT molecular complexity index is 990. The highest BCUT2D eigenvalue weighted by Gasteiger charge is 2.32. The van der Waals surface area contributed by atoms with Crippen molar-refractivity contribution in [1.29, 1.82) is 0 Å². The molecule has 0 spiro atoms. The quantitative estimate of drug-likeness (QED) is 0.476. The highest BCUT2D eigenvalue weighted by atomic mass is 16.5. The Hall–Kier alpha value is -3.35. The van der Waals surface area contributed by atoms with E-state index in [1.807, 2.05) is 57.2 Å². The molecule has 0 aromatic heterocycles. The third-order valence-corrected chi connectivity index (χ3v) is 6.44. The Morgan fingerprint density at radius 1 is 0.941 bits per heavy atom. The SMILES string of the molecule is CCC(C)C(NC(=O)C(CC(C)C)NC(=O)OCC1c2ccccc2-c2ccccc21)C(=O)O. The van der Waals surface area contributed by atoms with E-state index in [-0.39, 0.29) is 24.4 Å². The molecule has 0 bridgehead atoms. The first-order valence-electron chi connectivity index (χ1n) is 11.9. The third kappa shape index (κ3) is 5.76. The number of nitrogens with one attached hydrogen (secondary N) is 2. The summed E-state index contributed by atoms with van der Waals surface area (Å²) in [5, 5.41) is 14.8. The molecule has 3 unspecified atom stereocenters. The van der Waals surface area contributed by atoms with Gasteiger partial charge in [-0.3, -0.25) is 4.79 Å². The lowest BCUT2D eigenvalue weighted by Gasteiger charge is -2.25. The number of carboxylic acids is 1. The van der Waals surface area contributed by atoms with Gasteiger partial charge in [-0.15, -0.1) is 0 Å². The third-order valence-electron chi connectivity index (χ3n) is 6.44. The second-order valence-electron chi connectivity index (χ2n) is 9.36. The van der Waals surface area contributed by atoms with Crippen molar-refractivity contribution in [3.63, 3.8) is 0 Å². The van der Waals surface area contributed by atoms with E-state index in [1.165, 1.54) is 0 Å². The van der Waals surface area contributed by atoms with E-state index < -0.39 is 30.1 Å². The van der Waals surface area contributed by atoms with E-state index in [9.17, 15) is 19.5 Å². The van der Waals surface area contributed by atoms with Crippen LogP contribution in [-0.4, -0.2) is 41.8 Å². The summed E-state index contributed by atoms with van der Waals surface area (Å²) in [6.07, 6.45) is 0.271. The molecule has 7 heteroatoms. The van der Waals surface area contributed by atoms with Gasteiger partial charge in [-0.2, -0.15) is 0 Å². The minimum Gasteiger partial charge on any atom is -0.480 e. The predicted octanol–water partition coefficient (Wildman–Crippen LogP) is 4.56. The fraction of sp³-hybridized carbons (Fsp3) is 0.444. The first-order chi connectivity index (χ1) is 16.2. The molecule has 1 aliphatic rings. The van der Waals surface area contributed by atoms with Crippen LogP contribution in [0.15, 0.2) is 48.5 Å². The van der Waals surface area contributed by atoms with Gasteiger partial charge in [0.25, 0.3) is 0 Å². The lowest BCUT2D eigenvalue weighted by atomic mass is 9.97. The number of alkyl carbamates (subject to hydrolysis) is 1. The molecule has 1 aliphatic carbocycles. The highest BCUT2D eigenvalue weighted by Crippen LogP contribution is 2.44. The molecule has 182 valence electrons. The number of carbonyl (C=O) groups excluding carboxylic acids is 2. The van der Waals surface area contributed by atoms with E-state index >= 15 is 0 Å². The molecule has 34 heavy (non-hydrogen) atoms. The van der Waals surface area contributed by atoms with Crippen molar-refractivity contribution in [3.05, 3.63) is 59.7 Å². The molecule has 2 amide bonds. The van der Waals surface area contributed by atoms with E-state index in [4.69, 9.17) is 4.74 Å². The number of amides is 2. The van der Waals surface area contributed by atoms with E-state index in [0.29, 0.717) is 12.8 Å². The second-order valence-corrected chi connectivity index (χ2v) is 9.36. The molecule has 2 aromatic rings. The van der Waals surface area contributed by atoms with Crippen LogP contribution in [0.5, 0.6) is 0 Å². The monoisotopic (exact) mass is 466 g/mol. The van der Waals surface area contributed by atoms with Crippen LogP contribution in [0.4, 0.5) is 4.79 Å². The van der Waals surface area contributed by atoms with Crippen LogP contribution in [-0.2, 0) is 14.3 Å². The maximum Gasteiger partial charge on any atom is 0.407 e. The molecule has 0 fully saturated rings. The average molecular weight is 467 g/mol. The molecule has 0 saturated carbocycles. The van der Waals surface area contributed by atoms with Crippen molar-refractivity contribution in [2.75, 3.05) is 6.61 Å². The maximum atomic E-state index is 12.9. The molecular weight excluding hydrogens is 432 g/mol. The first kappa shape index (κ1) is 25.3. The number of hydrogen-bond acceptors (Lipinski definition) is 4. The fourth-order valence-electron chi connectivity index (χ4n) is 4.42. The van der Waals surface area contributed by atoms with Gasteiger partial charge in [-0.05, 0) is 40.5 Å². The van der Waals surface area contributed by atoms with Crippen LogP contribution in [0.1, 0.15) is 57.6 Å². The zero-order valence-electron chi connectivity index (χ0n) is 20.2. The van der Waals surface area contributed by atoms with Gasteiger partial charge in [0.2, 0.25) is 5.91 Å². The topological polar surface area (TPSA) is 105 Å². The van der Waals surface area contributed by atoms with Crippen LogP contribution in [0.3, 0.4) is 0 Å². The molecule has 2 aromatic carbocycles. The molecule has 7 nitrogen and oxygen atoms in total. The second kappa shape index (κ2) is 11.2. The summed E-state index contributed by atoms with van der Waals surface area (Å²) >= 11 is 0. The molecule has 0 radical (unpaired) electrons. The minimum absolute atomic E-state index is 0.0858. The predicted molar refractivity (Wildman–Crippen MR) is 130 cm³/mol. The largest absolute Gasteiger partial charge is 0.480 e. The summed E-state index contributed by atoms with van der Waals surface area (Å²) in [6, 6.07) is 14.2. The van der Waals surface area contributed by atoms with E-state index in [2.05, 4.69) is 22.8 Å². The number of hydrogen-bond donors (Lipinski definition) is 3. The van der Waals surface area contributed by atoms with Gasteiger partial charge in [0.1, 0.15) is 18.7 Å². The summed E-state index contributed by atoms with van der Waals surface area (Å²) < 4.78 is 5.58. The Labute approximate surface area is 200 Å². The van der Waals surface area contributed by atoms with Crippen molar-refractivity contribution < 1.29 is 24.2 Å². The number of benzene rings is 2. The summed E-state index contributed by atoms with van der Waals surface area (Å²) in [5.74, 6) is -1.83. The number of aliphatic carboxylic acids is 1. The van der Waals surface area contributed by atoms with Crippen molar-refractivity contribution in [2.45, 2.75) is 58.5 Å². The zero-order chi connectivity index (χ0) is 24.8. The molecule has 0 aliphatic heterocycles. The molecular formula is C27H34N2O5. The van der Waals surface area contributed by atoms with Crippen LogP contribution in [0.25, 0.3) is 11.1 Å². The summed E-state index contributed by atoms with van der Waals surface area (Å²) in [7, 11) is 0. The lowest BCUT2D eigenvalue weighted by molar-refractivity contribution is -0.143. The smallest absolute Gasteiger partial charge is 0.407 e. The normalized spacial score (nSPS) is 15.1. The average Bonchev–Trinajstić information content (AvgIpc) is 3.13. The zero-order valence-corrected chi connectivity index (χ0v) is 20.2. The van der Waals surface area contributed by atoms with E-state index in [0.717, 1.165) is 22.3 Å². The molecule has 3 atom stereocenters. The Balaban J connectivity index is 1.67. The van der Waals surface area contributed by atoms with Gasteiger partial charge in [-0.25, -0.2) is 9.59 Å². The van der Waals surface area contributed by atoms with Gasteiger partial charge in [0.15, 0.2) is 0 Å². The van der Waals surface area contributed by atoms with Crippen LogP contribution < -0.4 is 10.6 Å². The fourth-order valence-corrected chi connectivity index (χ4v) is 4.42. The van der Waals surface area contributed by atoms with Crippen molar-refractivity contribution in [2.24, 2.45) is 11.8 Å². The number of fused-ring (bicyclic) bond motifs is 3. The van der Waals surface area contributed by atoms with Crippen molar-refractivity contribution in [3.8, 4) is 11.1 Å². The molecule has 3 rings (SSSR count). The van der Waals surface area contributed by atoms with Gasteiger partial charge >= 0.3 is 12.1 Å². The molecule has 0 heterocycles. The van der Waals surface area contributed by atoms with Gasteiger partial charge in [0.05, 0.1) is 0 Å². The number of carbonyl (C=O) groups is 3. The summed E-state index contributed by atoms with van der Waals surface area (Å²) in [5.41, 5.74) is 4.47. The maximum absolute atomic E-state index is 12.9. The number of carboxylic acid groups (broad SMARTS) is 1. The standard InChI is InChI=1S/C27H34N2O5/c1-5-17(4)24(26(31)32)29-25(30)23(14-16(2)3)28-27(33)34-15-22-20-12-8-6-10-18(20)19-11-7-9-13-21(19)22/h6-13,16-17,22-24H,5,14-15H2,1-4H3,(H,28,33)(H,29,30)(H,31,32). The molecule has 0 saturated heterocycles. The van der Waals surface area contributed by atoms with Crippen LogP contribution >= 0.6 is 0 Å². The molecule has 3 N–H and O–H groups in total. The van der Waals surface area contributed by atoms with Crippen LogP contribution in [0, 0.1) is 11.8 Å². The van der Waals surface area contributed by atoms with Crippen molar-refractivity contribution in [1.82, 2.24) is 10.6 Å². The summed E-state index contributed by atoms with van der Waals surface area (Å²) in [6.45, 7) is 7.65. The van der Waals surface area contributed by atoms with Gasteiger partial charge < -0.3 is 20.5 Å². The van der Waals surface area contributed by atoms with Crippen molar-refractivity contribution >= 4 is 18.0 Å².